The van der Waals surface area contributed by atoms with Gasteiger partial charge in [0.25, 0.3) is 0 Å². The Labute approximate surface area is 147 Å². The molecule has 0 radical (unpaired) electrons. The average molecular weight is 363 g/mol. The van der Waals surface area contributed by atoms with E-state index in [0.29, 0.717) is 18.7 Å². The summed E-state index contributed by atoms with van der Waals surface area (Å²) in [6.07, 6.45) is 2.26. The van der Waals surface area contributed by atoms with Gasteiger partial charge in [0, 0.05) is 24.9 Å². The Morgan fingerprint density at radius 2 is 1.92 bits per heavy atom. The van der Waals surface area contributed by atoms with E-state index in [1.54, 1.807) is 18.3 Å². The third-order valence-corrected chi connectivity index (χ3v) is 5.06. The Balaban J connectivity index is 1.88. The van der Waals surface area contributed by atoms with Gasteiger partial charge in [0.2, 0.25) is 15.9 Å². The number of methoxy groups -OCH3 is 1. The van der Waals surface area contributed by atoms with E-state index in [-0.39, 0.29) is 4.90 Å². The number of ether oxygens (including phenoxy) is 1. The number of pyridine rings is 1. The number of carbonyl (C=O) groups is 1. The predicted molar refractivity (Wildman–Crippen MR) is 93.7 cm³/mol. The first kappa shape index (κ1) is 18.9. The molecule has 0 bridgehead atoms. The molecule has 1 unspecified atom stereocenters. The molecule has 2 N–H and O–H groups in total. The molecule has 2 aromatic rings. The average Bonchev–Trinajstić information content (AvgIpc) is 2.62. The molecule has 2 rings (SSSR count). The summed E-state index contributed by atoms with van der Waals surface area (Å²) in [7, 11) is -2.29. The third-order valence-electron chi connectivity index (χ3n) is 3.50. The van der Waals surface area contributed by atoms with Gasteiger partial charge in [0.05, 0.1) is 18.0 Å². The van der Waals surface area contributed by atoms with Crippen molar-refractivity contribution < 1.29 is 17.9 Å². The van der Waals surface area contributed by atoms with Crippen LogP contribution in [0.4, 0.5) is 0 Å². The van der Waals surface area contributed by atoms with Crippen molar-refractivity contribution in [3.05, 3.63) is 54.4 Å². The van der Waals surface area contributed by atoms with Crippen molar-refractivity contribution in [3.8, 4) is 5.75 Å². The number of hydrogen-bond donors (Lipinski definition) is 2. The molecule has 0 spiro atoms. The topological polar surface area (TPSA) is 97.4 Å². The Morgan fingerprint density at radius 1 is 1.20 bits per heavy atom. The van der Waals surface area contributed by atoms with E-state index < -0.39 is 22.0 Å². The number of carbonyl (C=O) groups excluding carboxylic acids is 1. The maximum Gasteiger partial charge on any atom is 0.241 e. The van der Waals surface area contributed by atoms with Crippen LogP contribution in [0.2, 0.25) is 0 Å². The Hall–Kier alpha value is -2.45. The summed E-state index contributed by atoms with van der Waals surface area (Å²) in [5, 5.41) is 2.70. The highest BCUT2D eigenvalue weighted by Crippen LogP contribution is 2.15. The first-order chi connectivity index (χ1) is 11.9. The van der Waals surface area contributed by atoms with Crippen LogP contribution in [0.3, 0.4) is 0 Å². The van der Waals surface area contributed by atoms with Crippen molar-refractivity contribution in [2.24, 2.45) is 0 Å². The van der Waals surface area contributed by atoms with E-state index in [2.05, 4.69) is 15.0 Å². The summed E-state index contributed by atoms with van der Waals surface area (Å²) in [6.45, 7) is 1.88. The second-order valence-electron chi connectivity index (χ2n) is 5.38. The van der Waals surface area contributed by atoms with Gasteiger partial charge in [-0.05, 0) is 43.3 Å². The molecule has 25 heavy (non-hydrogen) atoms. The molecule has 0 aliphatic carbocycles. The van der Waals surface area contributed by atoms with Crippen LogP contribution >= 0.6 is 0 Å². The first-order valence-electron chi connectivity index (χ1n) is 7.76. The van der Waals surface area contributed by atoms with Crippen LogP contribution in [0.15, 0.2) is 53.6 Å². The van der Waals surface area contributed by atoms with E-state index in [4.69, 9.17) is 4.74 Å². The molecular formula is C17H21N3O4S. The SMILES string of the molecule is COc1ccc(S(=O)(=O)NC(C)C(=O)NCCc2ccccn2)cc1. The van der Waals surface area contributed by atoms with Crippen LogP contribution in [0.5, 0.6) is 5.75 Å². The molecule has 8 heteroatoms. The zero-order valence-electron chi connectivity index (χ0n) is 14.1. The van der Waals surface area contributed by atoms with Gasteiger partial charge in [-0.3, -0.25) is 9.78 Å². The van der Waals surface area contributed by atoms with Crippen molar-refractivity contribution in [3.63, 3.8) is 0 Å². The van der Waals surface area contributed by atoms with E-state index in [1.165, 1.54) is 26.2 Å². The quantitative estimate of drug-likeness (QED) is 0.732. The Bertz CT molecular complexity index is 792. The number of nitrogens with zero attached hydrogens (tertiary/aromatic N) is 1. The first-order valence-corrected chi connectivity index (χ1v) is 9.24. The number of sulfonamides is 1. The van der Waals surface area contributed by atoms with Crippen LogP contribution in [0, 0.1) is 0 Å². The van der Waals surface area contributed by atoms with Crippen LogP contribution in [0.1, 0.15) is 12.6 Å². The van der Waals surface area contributed by atoms with Gasteiger partial charge in [-0.1, -0.05) is 6.07 Å². The maximum atomic E-state index is 12.3. The molecule has 0 aliphatic heterocycles. The molecule has 1 aromatic heterocycles. The highest BCUT2D eigenvalue weighted by molar-refractivity contribution is 7.89. The number of rotatable bonds is 8. The van der Waals surface area contributed by atoms with E-state index in [9.17, 15) is 13.2 Å². The minimum Gasteiger partial charge on any atom is -0.497 e. The lowest BCUT2D eigenvalue weighted by molar-refractivity contribution is -0.122. The van der Waals surface area contributed by atoms with Gasteiger partial charge in [-0.25, -0.2) is 8.42 Å². The van der Waals surface area contributed by atoms with Crippen molar-refractivity contribution in [1.82, 2.24) is 15.0 Å². The van der Waals surface area contributed by atoms with E-state index in [0.717, 1.165) is 5.69 Å². The summed E-state index contributed by atoms with van der Waals surface area (Å²) in [5.41, 5.74) is 0.856. The predicted octanol–water partition coefficient (Wildman–Crippen LogP) is 1.12. The number of nitrogens with one attached hydrogen (secondary N) is 2. The highest BCUT2D eigenvalue weighted by atomic mass is 32.2. The van der Waals surface area contributed by atoms with Crippen LogP contribution in [-0.4, -0.2) is 39.0 Å². The largest absolute Gasteiger partial charge is 0.497 e. The summed E-state index contributed by atoms with van der Waals surface area (Å²) < 4.78 is 32.0. The Kier molecular flexibility index (Phi) is 6.49. The van der Waals surface area contributed by atoms with Crippen molar-refractivity contribution in [2.45, 2.75) is 24.3 Å². The van der Waals surface area contributed by atoms with Crippen molar-refractivity contribution in [2.75, 3.05) is 13.7 Å². The van der Waals surface area contributed by atoms with Gasteiger partial charge in [-0.15, -0.1) is 0 Å². The lowest BCUT2D eigenvalue weighted by atomic mass is 10.2. The molecule has 1 aromatic carbocycles. The molecule has 0 fully saturated rings. The fourth-order valence-corrected chi connectivity index (χ4v) is 3.32. The molecule has 1 heterocycles. The zero-order valence-corrected chi connectivity index (χ0v) is 14.9. The lowest BCUT2D eigenvalue weighted by Gasteiger charge is -2.14. The minimum atomic E-state index is -3.79. The van der Waals surface area contributed by atoms with E-state index in [1.807, 2.05) is 18.2 Å². The zero-order chi connectivity index (χ0) is 18.3. The van der Waals surface area contributed by atoms with Crippen molar-refractivity contribution in [1.29, 1.82) is 0 Å². The van der Waals surface area contributed by atoms with Crippen LogP contribution in [-0.2, 0) is 21.2 Å². The number of hydrogen-bond acceptors (Lipinski definition) is 5. The van der Waals surface area contributed by atoms with E-state index >= 15 is 0 Å². The second-order valence-corrected chi connectivity index (χ2v) is 7.09. The molecule has 1 amide bonds. The van der Waals surface area contributed by atoms with Crippen molar-refractivity contribution >= 4 is 15.9 Å². The second kappa shape index (κ2) is 8.59. The minimum absolute atomic E-state index is 0.0708. The van der Waals surface area contributed by atoms with Gasteiger partial charge in [0.1, 0.15) is 5.75 Å². The van der Waals surface area contributed by atoms with Gasteiger partial charge >= 0.3 is 0 Å². The van der Waals surface area contributed by atoms with Crippen LogP contribution < -0.4 is 14.8 Å². The molecule has 0 aliphatic rings. The summed E-state index contributed by atoms with van der Waals surface area (Å²) in [4.78, 5) is 16.3. The normalized spacial score (nSPS) is 12.4. The van der Waals surface area contributed by atoms with Gasteiger partial charge in [0.15, 0.2) is 0 Å². The molecule has 7 nitrogen and oxygen atoms in total. The molecule has 0 saturated heterocycles. The summed E-state index contributed by atoms with van der Waals surface area (Å²) in [5.74, 6) is 0.160. The number of amides is 1. The number of benzene rings is 1. The fourth-order valence-electron chi connectivity index (χ4n) is 2.12. The standard InChI is InChI=1S/C17H21N3O4S/c1-13(17(21)19-12-10-14-5-3-4-11-18-14)20-25(22,23)16-8-6-15(24-2)7-9-16/h3-9,11,13,20H,10,12H2,1-2H3,(H,19,21). The summed E-state index contributed by atoms with van der Waals surface area (Å²) in [6, 6.07) is 10.6. The van der Waals surface area contributed by atoms with Crippen LogP contribution in [0.25, 0.3) is 0 Å². The molecule has 0 saturated carbocycles. The molecule has 1 atom stereocenters. The Morgan fingerprint density at radius 3 is 2.52 bits per heavy atom. The third kappa shape index (κ3) is 5.54. The highest BCUT2D eigenvalue weighted by Gasteiger charge is 2.21. The lowest BCUT2D eigenvalue weighted by Crippen LogP contribution is -2.45. The fraction of sp³-hybridized carbons (Fsp3) is 0.294. The monoisotopic (exact) mass is 363 g/mol. The molecule has 134 valence electrons. The summed E-state index contributed by atoms with van der Waals surface area (Å²) >= 11 is 0. The maximum absolute atomic E-state index is 12.3. The van der Waals surface area contributed by atoms with Gasteiger partial charge in [-0.2, -0.15) is 4.72 Å². The smallest absolute Gasteiger partial charge is 0.241 e. The van der Waals surface area contributed by atoms with Gasteiger partial charge < -0.3 is 10.1 Å². The number of aromatic nitrogens is 1. The molecular weight excluding hydrogens is 342 g/mol.